The molecule has 0 aromatic heterocycles. The fourth-order valence-corrected chi connectivity index (χ4v) is 2.23. The molecular formula is C15H23N4O3+. The first-order chi connectivity index (χ1) is 10.6. The first kappa shape index (κ1) is 16.3. The summed E-state index contributed by atoms with van der Waals surface area (Å²) in [5.41, 5.74) is 3.94. The molecule has 0 radical (unpaired) electrons. The summed E-state index contributed by atoms with van der Waals surface area (Å²) >= 11 is 0. The molecule has 2 rings (SSSR count). The molecule has 120 valence electrons. The zero-order chi connectivity index (χ0) is 15.9. The lowest BCUT2D eigenvalue weighted by Gasteiger charge is -2.30. The summed E-state index contributed by atoms with van der Waals surface area (Å²) in [6.45, 7) is 5.71. The highest BCUT2D eigenvalue weighted by molar-refractivity contribution is 5.96. The van der Waals surface area contributed by atoms with Gasteiger partial charge >= 0.3 is 6.09 Å². The van der Waals surface area contributed by atoms with Gasteiger partial charge in [0.2, 0.25) is 0 Å². The SMILES string of the molecule is CCOC(=O)Nc1cccc(C(=O)NN2CC[NH+](C)CC2)c1. The molecule has 1 aromatic carbocycles. The molecule has 0 bridgehead atoms. The van der Waals surface area contributed by atoms with Gasteiger partial charge < -0.3 is 9.64 Å². The highest BCUT2D eigenvalue weighted by Gasteiger charge is 2.19. The number of rotatable bonds is 4. The second-order valence-corrected chi connectivity index (χ2v) is 5.31. The minimum atomic E-state index is -0.526. The van der Waals surface area contributed by atoms with Crippen molar-refractivity contribution in [2.75, 3.05) is 45.2 Å². The molecule has 1 heterocycles. The normalized spacial score (nSPS) is 16.1. The van der Waals surface area contributed by atoms with Crippen LogP contribution >= 0.6 is 0 Å². The molecule has 1 fully saturated rings. The van der Waals surface area contributed by atoms with Crippen LogP contribution in [0, 0.1) is 0 Å². The van der Waals surface area contributed by atoms with Gasteiger partial charge in [0, 0.05) is 11.3 Å². The first-order valence-corrected chi connectivity index (χ1v) is 7.49. The third kappa shape index (κ3) is 4.71. The van der Waals surface area contributed by atoms with E-state index in [1.807, 2.05) is 5.01 Å². The number of quaternary nitrogens is 1. The largest absolute Gasteiger partial charge is 0.450 e. The van der Waals surface area contributed by atoms with Crippen LogP contribution in [0.2, 0.25) is 0 Å². The van der Waals surface area contributed by atoms with Crippen LogP contribution in [-0.2, 0) is 4.74 Å². The van der Waals surface area contributed by atoms with E-state index in [2.05, 4.69) is 17.8 Å². The quantitative estimate of drug-likeness (QED) is 0.716. The summed E-state index contributed by atoms with van der Waals surface area (Å²) in [5, 5.41) is 4.52. The summed E-state index contributed by atoms with van der Waals surface area (Å²) < 4.78 is 4.82. The van der Waals surface area contributed by atoms with Gasteiger partial charge in [-0.3, -0.25) is 15.5 Å². The number of hydrogen-bond acceptors (Lipinski definition) is 4. The van der Waals surface area contributed by atoms with Crippen molar-refractivity contribution in [3.05, 3.63) is 29.8 Å². The van der Waals surface area contributed by atoms with Crippen LogP contribution in [0.4, 0.5) is 10.5 Å². The smallest absolute Gasteiger partial charge is 0.411 e. The van der Waals surface area contributed by atoms with Gasteiger partial charge in [-0.2, -0.15) is 0 Å². The average molecular weight is 307 g/mol. The molecule has 7 heteroatoms. The second kappa shape index (κ2) is 7.77. The third-order valence-electron chi connectivity index (χ3n) is 3.52. The topological polar surface area (TPSA) is 75.1 Å². The van der Waals surface area contributed by atoms with Gasteiger partial charge in [-0.15, -0.1) is 0 Å². The molecule has 0 unspecified atom stereocenters. The van der Waals surface area contributed by atoms with E-state index >= 15 is 0 Å². The predicted octanol–water partition coefficient (Wildman–Crippen LogP) is -0.270. The lowest BCUT2D eigenvalue weighted by molar-refractivity contribution is -0.884. The van der Waals surface area contributed by atoms with Gasteiger partial charge in [0.15, 0.2) is 0 Å². The Hall–Kier alpha value is -2.12. The van der Waals surface area contributed by atoms with Crippen molar-refractivity contribution >= 4 is 17.7 Å². The lowest BCUT2D eigenvalue weighted by atomic mass is 10.2. The molecule has 3 N–H and O–H groups in total. The van der Waals surface area contributed by atoms with E-state index < -0.39 is 6.09 Å². The van der Waals surface area contributed by atoms with E-state index in [4.69, 9.17) is 4.74 Å². The zero-order valence-corrected chi connectivity index (χ0v) is 13.0. The van der Waals surface area contributed by atoms with Gasteiger partial charge in [-0.25, -0.2) is 9.80 Å². The van der Waals surface area contributed by atoms with Crippen molar-refractivity contribution < 1.29 is 19.2 Å². The number of carbonyl (C=O) groups excluding carboxylic acids is 2. The molecule has 1 saturated heterocycles. The summed E-state index contributed by atoms with van der Waals surface area (Å²) in [6, 6.07) is 6.79. The molecule has 1 aliphatic rings. The highest BCUT2D eigenvalue weighted by atomic mass is 16.5. The minimum absolute atomic E-state index is 0.174. The van der Waals surface area contributed by atoms with Crippen LogP contribution in [0.25, 0.3) is 0 Å². The maximum absolute atomic E-state index is 12.3. The van der Waals surface area contributed by atoms with E-state index in [-0.39, 0.29) is 5.91 Å². The minimum Gasteiger partial charge on any atom is -0.450 e. The van der Waals surface area contributed by atoms with E-state index in [0.717, 1.165) is 26.2 Å². The summed E-state index contributed by atoms with van der Waals surface area (Å²) in [4.78, 5) is 25.1. The number of hydrogen-bond donors (Lipinski definition) is 3. The Morgan fingerprint density at radius 3 is 2.73 bits per heavy atom. The molecule has 0 saturated carbocycles. The Kier molecular flexibility index (Phi) is 5.74. The Morgan fingerprint density at radius 1 is 1.32 bits per heavy atom. The summed E-state index contributed by atoms with van der Waals surface area (Å²) in [5.74, 6) is -0.174. The number of anilines is 1. The van der Waals surface area contributed by atoms with Gasteiger partial charge in [0.05, 0.1) is 39.8 Å². The molecule has 22 heavy (non-hydrogen) atoms. The molecule has 0 spiro atoms. The number of likely N-dealkylation sites (N-methyl/N-ethyl adjacent to an activating group) is 1. The van der Waals surface area contributed by atoms with Crippen molar-refractivity contribution in [1.29, 1.82) is 0 Å². The summed E-state index contributed by atoms with van der Waals surface area (Å²) in [6.07, 6.45) is -0.526. The number of benzene rings is 1. The van der Waals surface area contributed by atoms with Crippen molar-refractivity contribution in [2.45, 2.75) is 6.92 Å². The van der Waals surface area contributed by atoms with E-state index in [9.17, 15) is 9.59 Å². The van der Waals surface area contributed by atoms with Crippen LogP contribution in [0.15, 0.2) is 24.3 Å². The van der Waals surface area contributed by atoms with Crippen LogP contribution in [-0.4, -0.2) is 56.8 Å². The zero-order valence-electron chi connectivity index (χ0n) is 13.0. The van der Waals surface area contributed by atoms with Crippen LogP contribution in [0.3, 0.4) is 0 Å². The predicted molar refractivity (Wildman–Crippen MR) is 82.7 cm³/mol. The number of carbonyl (C=O) groups is 2. The van der Waals surface area contributed by atoms with Crippen molar-refractivity contribution in [2.24, 2.45) is 0 Å². The van der Waals surface area contributed by atoms with Crippen molar-refractivity contribution in [3.63, 3.8) is 0 Å². The number of ether oxygens (including phenoxy) is 1. The third-order valence-corrected chi connectivity index (χ3v) is 3.52. The first-order valence-electron chi connectivity index (χ1n) is 7.49. The monoisotopic (exact) mass is 307 g/mol. The Morgan fingerprint density at radius 2 is 2.05 bits per heavy atom. The molecule has 2 amide bonds. The maximum atomic E-state index is 12.3. The number of piperazine rings is 1. The molecular weight excluding hydrogens is 284 g/mol. The van der Waals surface area contributed by atoms with Gasteiger partial charge in [-0.1, -0.05) is 6.07 Å². The molecule has 0 atom stereocenters. The van der Waals surface area contributed by atoms with Gasteiger partial charge in [-0.05, 0) is 25.1 Å². The fourth-order valence-electron chi connectivity index (χ4n) is 2.23. The van der Waals surface area contributed by atoms with E-state index in [1.165, 1.54) is 4.90 Å². The standard InChI is InChI=1S/C15H22N4O3/c1-3-22-15(21)16-13-6-4-5-12(11-13)14(20)17-19-9-7-18(2)8-10-19/h4-6,11H,3,7-10H2,1-2H3,(H,16,21)(H,17,20)/p+1. The van der Waals surface area contributed by atoms with Crippen molar-refractivity contribution in [3.8, 4) is 0 Å². The second-order valence-electron chi connectivity index (χ2n) is 5.31. The van der Waals surface area contributed by atoms with Crippen LogP contribution in [0.5, 0.6) is 0 Å². The maximum Gasteiger partial charge on any atom is 0.411 e. The Bertz CT molecular complexity index is 527. The average Bonchev–Trinajstić information content (AvgIpc) is 2.50. The van der Waals surface area contributed by atoms with Crippen LogP contribution in [0.1, 0.15) is 17.3 Å². The molecule has 1 aromatic rings. The Labute approximate surface area is 130 Å². The van der Waals surface area contributed by atoms with Crippen molar-refractivity contribution in [1.82, 2.24) is 10.4 Å². The number of hydrazine groups is 1. The molecule has 0 aliphatic carbocycles. The number of amides is 2. The van der Waals surface area contributed by atoms with E-state index in [1.54, 1.807) is 31.2 Å². The number of nitrogens with zero attached hydrogens (tertiary/aromatic N) is 1. The Balaban J connectivity index is 1.93. The lowest BCUT2D eigenvalue weighted by Crippen LogP contribution is -3.12. The van der Waals surface area contributed by atoms with Gasteiger partial charge in [0.1, 0.15) is 0 Å². The highest BCUT2D eigenvalue weighted by Crippen LogP contribution is 2.11. The molecule has 1 aliphatic heterocycles. The number of nitrogens with one attached hydrogen (secondary N) is 3. The van der Waals surface area contributed by atoms with E-state index in [0.29, 0.717) is 17.9 Å². The van der Waals surface area contributed by atoms with Crippen LogP contribution < -0.4 is 15.6 Å². The fraction of sp³-hybridized carbons (Fsp3) is 0.467. The molecule has 7 nitrogen and oxygen atoms in total. The summed E-state index contributed by atoms with van der Waals surface area (Å²) in [7, 11) is 2.14. The van der Waals surface area contributed by atoms with Gasteiger partial charge in [0.25, 0.3) is 5.91 Å².